The van der Waals surface area contributed by atoms with Crippen LogP contribution in [0.15, 0.2) is 54.6 Å². The minimum atomic E-state index is -0.471. The quantitative estimate of drug-likeness (QED) is 0.723. The molecule has 0 saturated carbocycles. The van der Waals surface area contributed by atoms with E-state index in [9.17, 15) is 14.0 Å². The molecular weight excluding hydrogens is 369 g/mol. The number of likely N-dealkylation sites (N-methyl/N-ethyl adjacent to an activating group) is 1. The van der Waals surface area contributed by atoms with Gasteiger partial charge in [-0.25, -0.2) is 4.39 Å². The van der Waals surface area contributed by atoms with Gasteiger partial charge >= 0.3 is 0 Å². The van der Waals surface area contributed by atoms with Gasteiger partial charge in [-0.3, -0.25) is 9.59 Å². The van der Waals surface area contributed by atoms with Crippen molar-refractivity contribution in [3.05, 3.63) is 71.5 Å². The minimum Gasteiger partial charge on any atom is -0.350 e. The summed E-state index contributed by atoms with van der Waals surface area (Å²) < 4.78 is 12.9. The molecule has 0 saturated heterocycles. The first kappa shape index (κ1) is 22.6. The third-order valence-corrected chi connectivity index (χ3v) is 4.17. The maximum atomic E-state index is 12.9. The van der Waals surface area contributed by atoms with E-state index in [1.165, 1.54) is 17.0 Å². The molecule has 1 atom stereocenters. The molecule has 27 heavy (non-hydrogen) atoms. The van der Waals surface area contributed by atoms with E-state index in [1.807, 2.05) is 37.3 Å². The zero-order valence-electron chi connectivity index (χ0n) is 15.2. The second kappa shape index (κ2) is 11.3. The number of nitrogens with zero attached hydrogens (tertiary/aromatic N) is 1. The normalized spacial score (nSPS) is 11.2. The fourth-order valence-electron chi connectivity index (χ4n) is 2.66. The monoisotopic (exact) mass is 393 g/mol. The van der Waals surface area contributed by atoms with Crippen LogP contribution in [0.2, 0.25) is 0 Å². The summed E-state index contributed by atoms with van der Waals surface area (Å²) in [5.41, 5.74) is 7.43. The Kier molecular flexibility index (Phi) is 9.47. The van der Waals surface area contributed by atoms with Gasteiger partial charge < -0.3 is 16.0 Å². The molecule has 7 heteroatoms. The Morgan fingerprint density at radius 3 is 2.30 bits per heavy atom. The topological polar surface area (TPSA) is 75.4 Å². The van der Waals surface area contributed by atoms with Gasteiger partial charge in [0.05, 0.1) is 12.5 Å². The highest BCUT2D eigenvalue weighted by Crippen LogP contribution is 2.17. The Hall–Kier alpha value is -2.44. The van der Waals surface area contributed by atoms with Crippen LogP contribution in [0, 0.1) is 5.82 Å². The third-order valence-electron chi connectivity index (χ3n) is 4.17. The number of carbonyl (C=O) groups is 2. The SMILES string of the molecule is CCN(CC(=O)NCc1ccc(F)cc1)C(=O)C(CN)c1ccccc1.Cl. The maximum Gasteiger partial charge on any atom is 0.239 e. The summed E-state index contributed by atoms with van der Waals surface area (Å²) in [5, 5.41) is 2.75. The van der Waals surface area contributed by atoms with E-state index in [1.54, 1.807) is 12.1 Å². The number of nitrogens with two attached hydrogens (primary N) is 1. The van der Waals surface area contributed by atoms with E-state index in [2.05, 4.69) is 5.32 Å². The van der Waals surface area contributed by atoms with Crippen molar-refractivity contribution in [1.82, 2.24) is 10.2 Å². The lowest BCUT2D eigenvalue weighted by Gasteiger charge is -2.25. The van der Waals surface area contributed by atoms with Crippen LogP contribution in [0.1, 0.15) is 24.0 Å². The summed E-state index contributed by atoms with van der Waals surface area (Å²) in [7, 11) is 0. The fourth-order valence-corrected chi connectivity index (χ4v) is 2.66. The summed E-state index contributed by atoms with van der Waals surface area (Å²) in [6.45, 7) is 2.65. The van der Waals surface area contributed by atoms with Crippen LogP contribution >= 0.6 is 12.4 Å². The van der Waals surface area contributed by atoms with Gasteiger partial charge in [0.15, 0.2) is 0 Å². The standard InChI is InChI=1S/C20H24FN3O2.ClH/c1-2-24(20(26)18(12-22)16-6-4-3-5-7-16)14-19(25)23-13-15-8-10-17(21)11-9-15;/h3-11,18H,2,12-14,22H2,1H3,(H,23,25);1H. The Balaban J connectivity index is 0.00000364. The number of carbonyl (C=O) groups excluding carboxylic acids is 2. The van der Waals surface area contributed by atoms with Gasteiger partial charge in [0.2, 0.25) is 11.8 Å². The van der Waals surface area contributed by atoms with Crippen molar-refractivity contribution >= 4 is 24.2 Å². The lowest BCUT2D eigenvalue weighted by atomic mass is 9.97. The Morgan fingerprint density at radius 1 is 1.11 bits per heavy atom. The largest absolute Gasteiger partial charge is 0.350 e. The van der Waals surface area contributed by atoms with Crippen molar-refractivity contribution in [2.24, 2.45) is 5.73 Å². The predicted octanol–water partition coefficient (Wildman–Crippen LogP) is 2.45. The second-order valence-electron chi connectivity index (χ2n) is 5.95. The summed E-state index contributed by atoms with van der Waals surface area (Å²) in [6.07, 6.45) is 0. The molecule has 0 heterocycles. The molecule has 0 bridgehead atoms. The van der Waals surface area contributed by atoms with E-state index in [-0.39, 0.29) is 49.7 Å². The maximum absolute atomic E-state index is 12.9. The van der Waals surface area contributed by atoms with Gasteiger partial charge in [-0.15, -0.1) is 12.4 Å². The van der Waals surface area contributed by atoms with Crippen molar-refractivity contribution in [3.63, 3.8) is 0 Å². The number of benzene rings is 2. The van der Waals surface area contributed by atoms with E-state index >= 15 is 0 Å². The van der Waals surface area contributed by atoms with E-state index in [0.29, 0.717) is 6.54 Å². The van der Waals surface area contributed by atoms with Crippen LogP contribution in [0.3, 0.4) is 0 Å². The van der Waals surface area contributed by atoms with Crippen LogP contribution in [0.4, 0.5) is 4.39 Å². The zero-order valence-corrected chi connectivity index (χ0v) is 16.0. The Morgan fingerprint density at radius 2 is 1.74 bits per heavy atom. The molecular formula is C20H25ClFN3O2. The molecule has 0 spiro atoms. The van der Waals surface area contributed by atoms with Crippen molar-refractivity contribution in [2.45, 2.75) is 19.4 Å². The highest BCUT2D eigenvalue weighted by Gasteiger charge is 2.25. The molecule has 0 aliphatic carbocycles. The molecule has 0 radical (unpaired) electrons. The molecule has 1 unspecified atom stereocenters. The van der Waals surface area contributed by atoms with Crippen molar-refractivity contribution in [1.29, 1.82) is 0 Å². The van der Waals surface area contributed by atoms with Gasteiger partial charge in [-0.2, -0.15) is 0 Å². The van der Waals surface area contributed by atoms with Crippen molar-refractivity contribution in [2.75, 3.05) is 19.6 Å². The molecule has 0 fully saturated rings. The number of hydrogen-bond acceptors (Lipinski definition) is 3. The summed E-state index contributed by atoms with van der Waals surface area (Å²) in [5.74, 6) is -1.23. The van der Waals surface area contributed by atoms with Crippen LogP contribution in [0.25, 0.3) is 0 Å². The zero-order chi connectivity index (χ0) is 18.9. The summed E-state index contributed by atoms with van der Waals surface area (Å²) in [4.78, 5) is 26.5. The molecule has 0 aliphatic heterocycles. The molecule has 3 N–H and O–H groups in total. The highest BCUT2D eigenvalue weighted by atomic mass is 35.5. The van der Waals surface area contributed by atoms with Gasteiger partial charge in [0, 0.05) is 19.6 Å². The molecule has 146 valence electrons. The fraction of sp³-hybridized carbons (Fsp3) is 0.300. The number of rotatable bonds is 8. The number of nitrogens with one attached hydrogen (secondary N) is 1. The van der Waals surface area contributed by atoms with E-state index in [4.69, 9.17) is 5.73 Å². The molecule has 2 aromatic rings. The van der Waals surface area contributed by atoms with Gasteiger partial charge in [-0.05, 0) is 30.2 Å². The summed E-state index contributed by atoms with van der Waals surface area (Å²) >= 11 is 0. The molecule has 5 nitrogen and oxygen atoms in total. The molecule has 2 rings (SSSR count). The lowest BCUT2D eigenvalue weighted by Crippen LogP contribution is -2.43. The van der Waals surface area contributed by atoms with Gasteiger partial charge in [0.1, 0.15) is 5.82 Å². The van der Waals surface area contributed by atoms with Gasteiger partial charge in [-0.1, -0.05) is 42.5 Å². The average molecular weight is 394 g/mol. The van der Waals surface area contributed by atoms with Crippen molar-refractivity contribution < 1.29 is 14.0 Å². The predicted molar refractivity (Wildman–Crippen MR) is 106 cm³/mol. The van der Waals surface area contributed by atoms with E-state index < -0.39 is 5.92 Å². The highest BCUT2D eigenvalue weighted by molar-refractivity contribution is 5.88. The Labute approximate surface area is 165 Å². The molecule has 2 amide bonds. The smallest absolute Gasteiger partial charge is 0.239 e. The summed E-state index contributed by atoms with van der Waals surface area (Å²) in [6, 6.07) is 15.2. The van der Waals surface area contributed by atoms with Crippen LogP contribution in [0.5, 0.6) is 0 Å². The van der Waals surface area contributed by atoms with Crippen LogP contribution in [-0.2, 0) is 16.1 Å². The number of hydrogen-bond donors (Lipinski definition) is 2. The van der Waals surface area contributed by atoms with Gasteiger partial charge in [0.25, 0.3) is 0 Å². The first-order valence-corrected chi connectivity index (χ1v) is 8.60. The molecule has 2 aromatic carbocycles. The van der Waals surface area contributed by atoms with E-state index in [0.717, 1.165) is 11.1 Å². The Bertz CT molecular complexity index is 726. The average Bonchev–Trinajstić information content (AvgIpc) is 2.67. The van der Waals surface area contributed by atoms with Crippen LogP contribution < -0.4 is 11.1 Å². The third kappa shape index (κ3) is 6.66. The molecule has 0 aliphatic rings. The number of halogens is 2. The second-order valence-corrected chi connectivity index (χ2v) is 5.95. The first-order chi connectivity index (χ1) is 12.5. The van der Waals surface area contributed by atoms with Crippen molar-refractivity contribution in [3.8, 4) is 0 Å². The minimum absolute atomic E-state index is 0. The first-order valence-electron chi connectivity index (χ1n) is 8.60. The lowest BCUT2D eigenvalue weighted by molar-refractivity contribution is -0.137. The number of amides is 2. The van der Waals surface area contributed by atoms with Crippen LogP contribution in [-0.4, -0.2) is 36.3 Å². The molecule has 0 aromatic heterocycles.